The Morgan fingerprint density at radius 3 is 2.43 bits per heavy atom. The number of rotatable bonds is 6. The Labute approximate surface area is 134 Å². The van der Waals surface area contributed by atoms with E-state index in [9.17, 15) is 8.42 Å². The van der Waals surface area contributed by atoms with Gasteiger partial charge in [-0.3, -0.25) is 0 Å². The second-order valence-electron chi connectivity index (χ2n) is 4.37. The van der Waals surface area contributed by atoms with Crippen LogP contribution in [0.2, 0.25) is 5.02 Å². The van der Waals surface area contributed by atoms with Crippen molar-refractivity contribution < 1.29 is 13.2 Å². The molecule has 6 heteroatoms. The summed E-state index contributed by atoms with van der Waals surface area (Å²) in [7, 11) is -3.20. The average Bonchev–Trinajstić information content (AvgIpc) is 2.45. The molecule has 0 saturated heterocycles. The zero-order valence-electron chi connectivity index (χ0n) is 11.5. The average molecular weight is 343 g/mol. The first kappa shape index (κ1) is 16.2. The van der Waals surface area contributed by atoms with Gasteiger partial charge in [-0.05, 0) is 36.4 Å². The van der Waals surface area contributed by atoms with Crippen LogP contribution in [-0.4, -0.2) is 27.0 Å². The van der Waals surface area contributed by atoms with E-state index in [4.69, 9.17) is 16.3 Å². The lowest BCUT2D eigenvalue weighted by molar-refractivity contribution is 0.344. The lowest BCUT2D eigenvalue weighted by atomic mass is 10.3. The van der Waals surface area contributed by atoms with Crippen LogP contribution in [0, 0.1) is 0 Å². The standard InChI is InChI=1S/C15H15ClO3S2/c1-21(17,18)15-5-3-2-4-14(15)20-11-10-19-13-8-6-12(16)7-9-13/h2-9H,10-11H2,1H3. The summed E-state index contributed by atoms with van der Waals surface area (Å²) >= 11 is 7.26. The Morgan fingerprint density at radius 2 is 1.76 bits per heavy atom. The third-order valence-corrected chi connectivity index (χ3v) is 5.25. The molecular weight excluding hydrogens is 328 g/mol. The summed E-state index contributed by atoms with van der Waals surface area (Å²) in [5.41, 5.74) is 0. The van der Waals surface area contributed by atoms with Gasteiger partial charge in [-0.25, -0.2) is 8.42 Å². The molecule has 0 N–H and O–H groups in total. The van der Waals surface area contributed by atoms with E-state index < -0.39 is 9.84 Å². The summed E-state index contributed by atoms with van der Waals surface area (Å²) in [5.74, 6) is 1.41. The van der Waals surface area contributed by atoms with Gasteiger partial charge < -0.3 is 4.74 Å². The highest BCUT2D eigenvalue weighted by atomic mass is 35.5. The number of sulfone groups is 1. The fourth-order valence-electron chi connectivity index (χ4n) is 1.72. The molecule has 2 aromatic carbocycles. The Kier molecular flexibility index (Phi) is 5.56. The minimum atomic E-state index is -3.20. The van der Waals surface area contributed by atoms with Crippen molar-refractivity contribution in [2.45, 2.75) is 9.79 Å². The molecule has 0 aliphatic carbocycles. The van der Waals surface area contributed by atoms with E-state index in [2.05, 4.69) is 0 Å². The molecule has 112 valence electrons. The lowest BCUT2D eigenvalue weighted by Crippen LogP contribution is -2.02. The second-order valence-corrected chi connectivity index (χ2v) is 7.93. The third kappa shape index (κ3) is 4.95. The second kappa shape index (κ2) is 7.20. The van der Waals surface area contributed by atoms with Gasteiger partial charge in [0.05, 0.1) is 11.5 Å². The molecule has 0 saturated carbocycles. The first-order valence-corrected chi connectivity index (χ1v) is 9.52. The molecule has 2 rings (SSSR count). The highest BCUT2D eigenvalue weighted by Crippen LogP contribution is 2.26. The summed E-state index contributed by atoms with van der Waals surface area (Å²) in [5, 5.41) is 0.666. The minimum absolute atomic E-state index is 0.362. The van der Waals surface area contributed by atoms with Crippen molar-refractivity contribution in [3.63, 3.8) is 0 Å². The van der Waals surface area contributed by atoms with Gasteiger partial charge in [0.2, 0.25) is 0 Å². The Hall–Kier alpha value is -1.17. The summed E-state index contributed by atoms with van der Waals surface area (Å²) in [6, 6.07) is 14.1. The largest absolute Gasteiger partial charge is 0.493 e. The first-order chi connectivity index (χ1) is 9.97. The van der Waals surface area contributed by atoms with E-state index in [1.165, 1.54) is 18.0 Å². The van der Waals surface area contributed by atoms with E-state index in [0.29, 0.717) is 22.3 Å². The van der Waals surface area contributed by atoms with Crippen LogP contribution in [0.3, 0.4) is 0 Å². The Balaban J connectivity index is 1.91. The van der Waals surface area contributed by atoms with Crippen molar-refractivity contribution in [1.29, 1.82) is 0 Å². The van der Waals surface area contributed by atoms with E-state index in [-0.39, 0.29) is 0 Å². The van der Waals surface area contributed by atoms with Gasteiger partial charge in [0.15, 0.2) is 9.84 Å². The number of ether oxygens (including phenoxy) is 1. The SMILES string of the molecule is CS(=O)(=O)c1ccccc1SCCOc1ccc(Cl)cc1. The van der Waals surface area contributed by atoms with Crippen molar-refractivity contribution in [1.82, 2.24) is 0 Å². The molecule has 2 aromatic rings. The van der Waals surface area contributed by atoms with Crippen molar-refractivity contribution >= 4 is 33.2 Å². The van der Waals surface area contributed by atoms with Crippen molar-refractivity contribution in [2.75, 3.05) is 18.6 Å². The lowest BCUT2D eigenvalue weighted by Gasteiger charge is -2.08. The van der Waals surface area contributed by atoms with Gasteiger partial charge in [-0.2, -0.15) is 0 Å². The van der Waals surface area contributed by atoms with E-state index in [1.807, 2.05) is 12.1 Å². The highest BCUT2D eigenvalue weighted by molar-refractivity contribution is 8.00. The maximum atomic E-state index is 11.7. The molecule has 0 radical (unpaired) electrons. The van der Waals surface area contributed by atoms with Gasteiger partial charge in [0.1, 0.15) is 5.75 Å². The van der Waals surface area contributed by atoms with Crippen molar-refractivity contribution in [3.8, 4) is 5.75 Å². The maximum absolute atomic E-state index is 11.7. The fraction of sp³-hybridized carbons (Fsp3) is 0.200. The molecule has 0 bridgehead atoms. The Morgan fingerprint density at radius 1 is 1.10 bits per heavy atom. The summed E-state index contributed by atoms with van der Waals surface area (Å²) < 4.78 is 28.9. The van der Waals surface area contributed by atoms with Crippen LogP contribution < -0.4 is 4.74 Å². The molecular formula is C15H15ClO3S2. The molecule has 0 aliphatic rings. The Bertz CT molecular complexity index is 697. The van der Waals surface area contributed by atoms with Gasteiger partial charge in [-0.1, -0.05) is 23.7 Å². The first-order valence-electron chi connectivity index (χ1n) is 6.27. The molecule has 0 aromatic heterocycles. The number of hydrogen-bond acceptors (Lipinski definition) is 4. The molecule has 3 nitrogen and oxygen atoms in total. The summed E-state index contributed by atoms with van der Waals surface area (Å²) in [6.45, 7) is 0.490. The summed E-state index contributed by atoms with van der Waals surface area (Å²) in [4.78, 5) is 1.11. The van der Waals surface area contributed by atoms with Gasteiger partial charge in [-0.15, -0.1) is 11.8 Å². The maximum Gasteiger partial charge on any atom is 0.176 e. The van der Waals surface area contributed by atoms with Gasteiger partial charge in [0.25, 0.3) is 0 Å². The van der Waals surface area contributed by atoms with Crippen molar-refractivity contribution in [3.05, 3.63) is 53.6 Å². The van der Waals surface area contributed by atoms with Crippen LogP contribution in [0.4, 0.5) is 0 Å². The van der Waals surface area contributed by atoms with Crippen LogP contribution in [0.25, 0.3) is 0 Å². The molecule has 0 heterocycles. The molecule has 0 unspecified atom stereocenters. The highest BCUT2D eigenvalue weighted by Gasteiger charge is 2.12. The van der Waals surface area contributed by atoms with Crippen LogP contribution in [0.1, 0.15) is 0 Å². The fourth-order valence-corrected chi connectivity index (χ4v) is 4.01. The predicted octanol–water partition coefficient (Wildman–Crippen LogP) is 3.91. The molecule has 0 aliphatic heterocycles. The third-order valence-electron chi connectivity index (χ3n) is 2.67. The monoisotopic (exact) mass is 342 g/mol. The quantitative estimate of drug-likeness (QED) is 0.589. The minimum Gasteiger partial charge on any atom is -0.493 e. The van der Waals surface area contributed by atoms with Crippen molar-refractivity contribution in [2.24, 2.45) is 0 Å². The van der Waals surface area contributed by atoms with Gasteiger partial charge in [0, 0.05) is 21.9 Å². The number of benzene rings is 2. The van der Waals surface area contributed by atoms with Crippen LogP contribution in [0.5, 0.6) is 5.75 Å². The zero-order chi connectivity index (χ0) is 15.3. The van der Waals surface area contributed by atoms with E-state index in [1.54, 1.807) is 36.4 Å². The summed E-state index contributed by atoms with van der Waals surface area (Å²) in [6.07, 6.45) is 1.22. The van der Waals surface area contributed by atoms with Gasteiger partial charge >= 0.3 is 0 Å². The normalized spacial score (nSPS) is 11.3. The topological polar surface area (TPSA) is 43.4 Å². The molecule has 0 spiro atoms. The van der Waals surface area contributed by atoms with E-state index >= 15 is 0 Å². The molecule has 0 fully saturated rings. The number of halogens is 1. The van der Waals surface area contributed by atoms with Crippen LogP contribution in [-0.2, 0) is 9.84 Å². The van der Waals surface area contributed by atoms with E-state index in [0.717, 1.165) is 10.6 Å². The van der Waals surface area contributed by atoms with Crippen LogP contribution >= 0.6 is 23.4 Å². The molecule has 21 heavy (non-hydrogen) atoms. The smallest absolute Gasteiger partial charge is 0.176 e. The van der Waals surface area contributed by atoms with Crippen LogP contribution in [0.15, 0.2) is 58.3 Å². The molecule has 0 amide bonds. The predicted molar refractivity (Wildman–Crippen MR) is 87.2 cm³/mol. The zero-order valence-corrected chi connectivity index (χ0v) is 13.8. The number of hydrogen-bond donors (Lipinski definition) is 0. The number of thioether (sulfide) groups is 1. The molecule has 0 atom stereocenters.